The van der Waals surface area contributed by atoms with Gasteiger partial charge in [-0.1, -0.05) is 20.8 Å². The number of halogens is 1. The van der Waals surface area contributed by atoms with E-state index in [1.54, 1.807) is 0 Å². The number of carbonyl (C=O) groups is 1. The van der Waals surface area contributed by atoms with Crippen LogP contribution in [0.1, 0.15) is 27.2 Å². The molecule has 0 fully saturated rings. The summed E-state index contributed by atoms with van der Waals surface area (Å²) in [6.45, 7) is 5.88. The van der Waals surface area contributed by atoms with E-state index in [4.69, 9.17) is 10.9 Å². The van der Waals surface area contributed by atoms with Crippen LogP contribution in [0.25, 0.3) is 0 Å². The van der Waals surface area contributed by atoms with Crippen LogP contribution in [0, 0.1) is 5.41 Å². The minimum Gasteiger partial charge on any atom is -0.327 e. The maximum Gasteiger partial charge on any atom is 0.238 e. The average Bonchev–Trinajstić information content (AvgIpc) is 2.29. The highest BCUT2D eigenvalue weighted by molar-refractivity contribution is 9.10. The number of nitrogens with one attached hydrogen (secondary N) is 1. The molecule has 118 valence electrons. The van der Waals surface area contributed by atoms with Crippen LogP contribution in [0.2, 0.25) is 0 Å². The van der Waals surface area contributed by atoms with Gasteiger partial charge in [-0.3, -0.25) is 4.79 Å². The summed E-state index contributed by atoms with van der Waals surface area (Å²) in [6, 6.07) is 3.87. The molecule has 1 aromatic rings. The summed E-state index contributed by atoms with van der Waals surface area (Å²) in [5, 5.41) is 7.73. The van der Waals surface area contributed by atoms with Crippen LogP contribution in [0.5, 0.6) is 0 Å². The lowest BCUT2D eigenvalue weighted by atomic mass is 9.85. The van der Waals surface area contributed by atoms with Gasteiger partial charge in [-0.05, 0) is 39.5 Å². The molecule has 1 unspecified atom stereocenters. The van der Waals surface area contributed by atoms with Gasteiger partial charge >= 0.3 is 0 Å². The normalized spacial score (nSPS) is 13.8. The Morgan fingerprint density at radius 1 is 1.38 bits per heavy atom. The van der Waals surface area contributed by atoms with Crippen LogP contribution in [0.4, 0.5) is 5.69 Å². The second-order valence-electron chi connectivity index (χ2n) is 5.91. The SMILES string of the molecule is CC(C)(C)C(N)CC(=O)Nc1ccc(S(N)(=O)=O)cc1Br. The summed E-state index contributed by atoms with van der Waals surface area (Å²) < 4.78 is 22.9. The van der Waals surface area contributed by atoms with Gasteiger partial charge in [0.25, 0.3) is 0 Å². The highest BCUT2D eigenvalue weighted by atomic mass is 79.9. The Labute approximate surface area is 133 Å². The molecule has 0 spiro atoms. The van der Waals surface area contributed by atoms with Crippen molar-refractivity contribution in [2.45, 2.75) is 38.1 Å². The van der Waals surface area contributed by atoms with Gasteiger partial charge < -0.3 is 11.1 Å². The zero-order valence-electron chi connectivity index (χ0n) is 12.2. The number of primary sulfonamides is 1. The summed E-state index contributed by atoms with van der Waals surface area (Å²) in [4.78, 5) is 11.9. The fourth-order valence-corrected chi connectivity index (χ4v) is 2.65. The van der Waals surface area contributed by atoms with Crippen LogP contribution < -0.4 is 16.2 Å². The molecule has 6 nitrogen and oxygen atoms in total. The molecule has 0 saturated carbocycles. The van der Waals surface area contributed by atoms with Crippen molar-refractivity contribution in [1.82, 2.24) is 0 Å². The summed E-state index contributed by atoms with van der Waals surface area (Å²) >= 11 is 3.21. The van der Waals surface area contributed by atoms with Gasteiger partial charge in [0.2, 0.25) is 15.9 Å². The van der Waals surface area contributed by atoms with Gasteiger partial charge in [0.05, 0.1) is 10.6 Å². The first-order valence-electron chi connectivity index (χ1n) is 6.29. The van der Waals surface area contributed by atoms with E-state index in [2.05, 4.69) is 21.2 Å². The molecular weight excluding hydrogens is 358 g/mol. The maximum absolute atomic E-state index is 11.9. The number of nitrogens with two attached hydrogens (primary N) is 2. The average molecular weight is 378 g/mol. The number of sulfonamides is 1. The molecule has 0 bridgehead atoms. The summed E-state index contributed by atoms with van der Waals surface area (Å²) in [5.41, 5.74) is 6.25. The number of carbonyl (C=O) groups excluding carboxylic acids is 1. The largest absolute Gasteiger partial charge is 0.327 e. The number of hydrogen-bond acceptors (Lipinski definition) is 4. The standard InChI is InChI=1S/C13H20BrN3O3S/c1-13(2,3)11(15)7-12(18)17-10-5-4-8(6-9(10)14)21(16,19)20/h4-6,11H,7,15H2,1-3H3,(H,17,18)(H2,16,19,20). The lowest BCUT2D eigenvalue weighted by molar-refractivity contribution is -0.117. The Morgan fingerprint density at radius 3 is 2.38 bits per heavy atom. The fourth-order valence-electron chi connectivity index (χ4n) is 1.48. The zero-order valence-corrected chi connectivity index (χ0v) is 14.6. The fraction of sp³-hybridized carbons (Fsp3) is 0.462. The summed E-state index contributed by atoms with van der Waals surface area (Å²) in [7, 11) is -3.77. The smallest absolute Gasteiger partial charge is 0.238 e. The number of hydrogen-bond donors (Lipinski definition) is 3. The van der Waals surface area contributed by atoms with Gasteiger partial charge in [-0.25, -0.2) is 13.6 Å². The molecule has 0 aliphatic rings. The molecule has 0 aliphatic carbocycles. The van der Waals surface area contributed by atoms with Crippen molar-refractivity contribution in [3.05, 3.63) is 22.7 Å². The molecule has 5 N–H and O–H groups in total. The van der Waals surface area contributed by atoms with Crippen molar-refractivity contribution in [2.75, 3.05) is 5.32 Å². The van der Waals surface area contributed by atoms with Gasteiger partial charge in [0, 0.05) is 16.9 Å². The molecule has 0 radical (unpaired) electrons. The monoisotopic (exact) mass is 377 g/mol. The van der Waals surface area contributed by atoms with E-state index in [1.807, 2.05) is 20.8 Å². The minimum atomic E-state index is -3.77. The predicted molar refractivity (Wildman–Crippen MR) is 86.2 cm³/mol. The Balaban J connectivity index is 2.83. The first kappa shape index (κ1) is 18.1. The molecule has 8 heteroatoms. The zero-order chi connectivity index (χ0) is 16.4. The highest BCUT2D eigenvalue weighted by Gasteiger charge is 2.23. The van der Waals surface area contributed by atoms with E-state index in [0.717, 1.165) is 0 Å². The highest BCUT2D eigenvalue weighted by Crippen LogP contribution is 2.26. The van der Waals surface area contributed by atoms with Crippen LogP contribution in [0.3, 0.4) is 0 Å². The number of anilines is 1. The second-order valence-corrected chi connectivity index (χ2v) is 8.33. The van der Waals surface area contributed by atoms with Gasteiger partial charge in [0.15, 0.2) is 0 Å². The Bertz CT molecular complexity index is 639. The molecule has 0 heterocycles. The van der Waals surface area contributed by atoms with Crippen LogP contribution >= 0.6 is 15.9 Å². The first-order valence-corrected chi connectivity index (χ1v) is 8.63. The van der Waals surface area contributed by atoms with Crippen molar-refractivity contribution < 1.29 is 13.2 Å². The third-order valence-corrected chi connectivity index (χ3v) is 4.63. The van der Waals surface area contributed by atoms with Crippen molar-refractivity contribution in [2.24, 2.45) is 16.3 Å². The van der Waals surface area contributed by atoms with E-state index < -0.39 is 10.0 Å². The van der Waals surface area contributed by atoms with Crippen molar-refractivity contribution in [3.8, 4) is 0 Å². The Morgan fingerprint density at radius 2 is 1.95 bits per heavy atom. The van der Waals surface area contributed by atoms with Crippen LogP contribution in [-0.2, 0) is 14.8 Å². The Hall–Kier alpha value is -0.960. The van der Waals surface area contributed by atoms with Crippen LogP contribution in [0.15, 0.2) is 27.6 Å². The van der Waals surface area contributed by atoms with Crippen molar-refractivity contribution in [3.63, 3.8) is 0 Å². The van der Waals surface area contributed by atoms with Gasteiger partial charge in [-0.2, -0.15) is 0 Å². The lowest BCUT2D eigenvalue weighted by Crippen LogP contribution is -2.38. The molecule has 0 saturated heterocycles. The van der Waals surface area contributed by atoms with Gasteiger partial charge in [0.1, 0.15) is 0 Å². The maximum atomic E-state index is 11.9. The van der Waals surface area contributed by atoms with E-state index in [0.29, 0.717) is 10.2 Å². The summed E-state index contributed by atoms with van der Waals surface area (Å²) in [5.74, 6) is -0.235. The molecule has 21 heavy (non-hydrogen) atoms. The van der Waals surface area contributed by atoms with E-state index in [-0.39, 0.29) is 28.7 Å². The second kappa shape index (κ2) is 6.43. The topological polar surface area (TPSA) is 115 Å². The van der Waals surface area contributed by atoms with E-state index >= 15 is 0 Å². The summed E-state index contributed by atoms with van der Waals surface area (Å²) in [6.07, 6.45) is 0.173. The van der Waals surface area contributed by atoms with Crippen LogP contribution in [-0.4, -0.2) is 20.4 Å². The molecule has 1 atom stereocenters. The van der Waals surface area contributed by atoms with E-state index in [9.17, 15) is 13.2 Å². The predicted octanol–water partition coefficient (Wildman–Crippen LogP) is 1.80. The molecule has 1 amide bonds. The Kier molecular flexibility index (Phi) is 5.54. The minimum absolute atomic E-state index is 0.0289. The number of benzene rings is 1. The third kappa shape index (κ3) is 5.39. The molecule has 0 aliphatic heterocycles. The molecule has 0 aromatic heterocycles. The van der Waals surface area contributed by atoms with E-state index in [1.165, 1.54) is 18.2 Å². The molecule has 1 aromatic carbocycles. The lowest BCUT2D eigenvalue weighted by Gasteiger charge is -2.26. The van der Waals surface area contributed by atoms with Gasteiger partial charge in [-0.15, -0.1) is 0 Å². The molecular formula is C13H20BrN3O3S. The first-order chi connectivity index (χ1) is 9.41. The third-order valence-electron chi connectivity index (χ3n) is 3.06. The van der Waals surface area contributed by atoms with Crippen molar-refractivity contribution >= 4 is 37.5 Å². The molecule has 1 rings (SSSR count). The van der Waals surface area contributed by atoms with Crippen molar-refractivity contribution in [1.29, 1.82) is 0 Å². The number of rotatable bonds is 4. The number of amides is 1. The quantitative estimate of drug-likeness (QED) is 0.741.